The highest BCUT2D eigenvalue weighted by Crippen LogP contribution is 2.31. The monoisotopic (exact) mass is 383 g/mol. The summed E-state index contributed by atoms with van der Waals surface area (Å²) >= 11 is 0. The maximum atomic E-state index is 12.5. The van der Waals surface area contributed by atoms with E-state index < -0.39 is 11.8 Å². The third-order valence-electron chi connectivity index (χ3n) is 5.01. The lowest BCUT2D eigenvalue weighted by atomic mass is 10.0. The molecule has 148 valence electrons. The van der Waals surface area contributed by atoms with E-state index in [1.807, 2.05) is 36.4 Å². The third kappa shape index (κ3) is 4.19. The molecule has 0 bridgehead atoms. The Kier molecular flexibility index (Phi) is 6.03. The van der Waals surface area contributed by atoms with E-state index in [0.29, 0.717) is 31.8 Å². The summed E-state index contributed by atoms with van der Waals surface area (Å²) in [5.74, 6) is -0.629. The highest BCUT2D eigenvalue weighted by molar-refractivity contribution is 6.35. The number of methoxy groups -OCH3 is 1. The Hall–Kier alpha value is -3.22. The van der Waals surface area contributed by atoms with Gasteiger partial charge in [0.05, 0.1) is 13.2 Å². The number of piperazine rings is 1. The van der Waals surface area contributed by atoms with E-state index in [0.717, 1.165) is 11.3 Å². The Balaban J connectivity index is 1.83. The maximum absolute atomic E-state index is 12.5. The van der Waals surface area contributed by atoms with Gasteiger partial charge in [-0.3, -0.25) is 9.59 Å². The van der Waals surface area contributed by atoms with Crippen LogP contribution in [0.3, 0.4) is 0 Å². The number of aromatic hydroxyl groups is 1. The van der Waals surface area contributed by atoms with E-state index in [1.165, 1.54) is 14.2 Å². The SMILES string of the molecule is CNC(=O)C(=O)N1CCN(c2ccc(OC)c(O)c2)C[C@@H]1Cc1ccccc1. The minimum absolute atomic E-state index is 0.0727. The van der Waals surface area contributed by atoms with Crippen molar-refractivity contribution in [3.05, 3.63) is 54.1 Å². The number of nitrogens with one attached hydrogen (secondary N) is 1. The lowest BCUT2D eigenvalue weighted by Crippen LogP contribution is -2.58. The number of amides is 2. The van der Waals surface area contributed by atoms with Crippen molar-refractivity contribution < 1.29 is 19.4 Å². The molecule has 0 spiro atoms. The number of ether oxygens (including phenoxy) is 1. The molecule has 1 aliphatic heterocycles. The predicted octanol–water partition coefficient (Wildman–Crippen LogP) is 1.41. The van der Waals surface area contributed by atoms with E-state index in [9.17, 15) is 14.7 Å². The summed E-state index contributed by atoms with van der Waals surface area (Å²) in [6.45, 7) is 1.56. The van der Waals surface area contributed by atoms with Crippen LogP contribution in [0.4, 0.5) is 5.69 Å². The fourth-order valence-corrected chi connectivity index (χ4v) is 3.53. The predicted molar refractivity (Wildman–Crippen MR) is 107 cm³/mol. The molecular weight excluding hydrogens is 358 g/mol. The molecule has 7 nitrogen and oxygen atoms in total. The fraction of sp³-hybridized carbons (Fsp3) is 0.333. The van der Waals surface area contributed by atoms with E-state index >= 15 is 0 Å². The molecule has 1 aliphatic rings. The summed E-state index contributed by atoms with van der Waals surface area (Å²) in [6, 6.07) is 15.0. The number of nitrogens with zero attached hydrogens (tertiary/aromatic N) is 2. The van der Waals surface area contributed by atoms with Crippen LogP contribution in [0.2, 0.25) is 0 Å². The van der Waals surface area contributed by atoms with Crippen LogP contribution in [0, 0.1) is 0 Å². The summed E-state index contributed by atoms with van der Waals surface area (Å²) < 4.78 is 5.11. The Labute approximate surface area is 164 Å². The first-order chi connectivity index (χ1) is 13.5. The Morgan fingerprint density at radius 1 is 1.18 bits per heavy atom. The lowest BCUT2D eigenvalue weighted by molar-refractivity contribution is -0.147. The topological polar surface area (TPSA) is 82.1 Å². The van der Waals surface area contributed by atoms with Gasteiger partial charge in [-0.05, 0) is 24.1 Å². The number of likely N-dealkylation sites (N-methyl/N-ethyl adjacent to an activating group) is 1. The van der Waals surface area contributed by atoms with Gasteiger partial charge in [-0.25, -0.2) is 0 Å². The summed E-state index contributed by atoms with van der Waals surface area (Å²) in [5.41, 5.74) is 1.95. The second-order valence-corrected chi connectivity index (χ2v) is 6.72. The molecule has 2 aromatic carbocycles. The van der Waals surface area contributed by atoms with Crippen molar-refractivity contribution in [2.45, 2.75) is 12.5 Å². The van der Waals surface area contributed by atoms with Gasteiger partial charge in [0.1, 0.15) is 0 Å². The number of hydrogen-bond acceptors (Lipinski definition) is 5. The van der Waals surface area contributed by atoms with Gasteiger partial charge in [-0.1, -0.05) is 30.3 Å². The fourth-order valence-electron chi connectivity index (χ4n) is 3.53. The van der Waals surface area contributed by atoms with Gasteiger partial charge < -0.3 is 25.0 Å². The number of anilines is 1. The molecule has 2 N–H and O–H groups in total. The van der Waals surface area contributed by atoms with Crippen molar-refractivity contribution in [1.29, 1.82) is 0 Å². The number of carbonyl (C=O) groups is 2. The van der Waals surface area contributed by atoms with Crippen molar-refractivity contribution in [2.75, 3.05) is 38.7 Å². The number of rotatable bonds is 4. The molecular formula is C21H25N3O4. The quantitative estimate of drug-likeness (QED) is 0.780. The van der Waals surface area contributed by atoms with Gasteiger partial charge >= 0.3 is 11.8 Å². The second kappa shape index (κ2) is 8.65. The van der Waals surface area contributed by atoms with Crippen molar-refractivity contribution in [3.8, 4) is 11.5 Å². The molecule has 1 atom stereocenters. The minimum atomic E-state index is -0.603. The number of phenols is 1. The summed E-state index contributed by atoms with van der Waals surface area (Å²) in [6.07, 6.45) is 0.641. The van der Waals surface area contributed by atoms with Gasteiger partial charge in [-0.15, -0.1) is 0 Å². The molecule has 1 heterocycles. The second-order valence-electron chi connectivity index (χ2n) is 6.72. The van der Waals surface area contributed by atoms with Crippen LogP contribution >= 0.6 is 0 Å². The molecule has 1 fully saturated rings. The highest BCUT2D eigenvalue weighted by Gasteiger charge is 2.33. The first-order valence-electron chi connectivity index (χ1n) is 9.22. The van der Waals surface area contributed by atoms with Gasteiger partial charge in [0, 0.05) is 38.4 Å². The van der Waals surface area contributed by atoms with Gasteiger partial charge in [0.15, 0.2) is 11.5 Å². The molecule has 2 aromatic rings. The normalized spacial score (nSPS) is 16.6. The van der Waals surface area contributed by atoms with Crippen molar-refractivity contribution in [1.82, 2.24) is 10.2 Å². The van der Waals surface area contributed by atoms with Crippen LogP contribution in [0.15, 0.2) is 48.5 Å². The lowest BCUT2D eigenvalue weighted by Gasteiger charge is -2.42. The van der Waals surface area contributed by atoms with E-state index in [1.54, 1.807) is 17.0 Å². The number of phenolic OH excluding ortho intramolecular Hbond substituents is 1. The molecule has 2 amide bonds. The number of hydrogen-bond donors (Lipinski definition) is 2. The molecule has 3 rings (SSSR count). The largest absolute Gasteiger partial charge is 0.504 e. The Morgan fingerprint density at radius 2 is 1.93 bits per heavy atom. The van der Waals surface area contributed by atoms with Crippen molar-refractivity contribution in [3.63, 3.8) is 0 Å². The third-order valence-corrected chi connectivity index (χ3v) is 5.01. The highest BCUT2D eigenvalue weighted by atomic mass is 16.5. The molecule has 0 saturated carbocycles. The molecule has 0 aliphatic carbocycles. The zero-order valence-electron chi connectivity index (χ0n) is 16.1. The molecule has 7 heteroatoms. The molecule has 0 radical (unpaired) electrons. The van der Waals surface area contributed by atoms with Crippen LogP contribution < -0.4 is 15.0 Å². The average molecular weight is 383 g/mol. The van der Waals surface area contributed by atoms with Crippen molar-refractivity contribution in [2.24, 2.45) is 0 Å². The summed E-state index contributed by atoms with van der Waals surface area (Å²) in [5, 5.41) is 12.5. The van der Waals surface area contributed by atoms with Crippen LogP contribution in [-0.4, -0.2) is 61.7 Å². The zero-order valence-corrected chi connectivity index (χ0v) is 16.1. The number of carbonyl (C=O) groups excluding carboxylic acids is 2. The van der Waals surface area contributed by atoms with Gasteiger partial charge in [-0.2, -0.15) is 0 Å². The first kappa shape index (κ1) is 19.5. The van der Waals surface area contributed by atoms with Crippen molar-refractivity contribution >= 4 is 17.5 Å². The minimum Gasteiger partial charge on any atom is -0.504 e. The first-order valence-corrected chi connectivity index (χ1v) is 9.22. The van der Waals surface area contributed by atoms with Gasteiger partial charge in [0.25, 0.3) is 0 Å². The standard InChI is InChI=1S/C21H25N3O4/c1-22-20(26)21(27)24-11-10-23(16-8-9-19(28-2)18(25)13-16)14-17(24)12-15-6-4-3-5-7-15/h3-9,13,17,25H,10-12,14H2,1-2H3,(H,22,26)/t17-/m0/s1. The Bertz CT molecular complexity index is 841. The van der Waals surface area contributed by atoms with Crippen LogP contribution in [0.1, 0.15) is 5.56 Å². The molecule has 1 saturated heterocycles. The maximum Gasteiger partial charge on any atom is 0.312 e. The smallest absolute Gasteiger partial charge is 0.312 e. The van der Waals surface area contributed by atoms with E-state index in [4.69, 9.17) is 4.74 Å². The zero-order chi connectivity index (χ0) is 20.1. The summed E-state index contributed by atoms with van der Waals surface area (Å²) in [4.78, 5) is 28.2. The Morgan fingerprint density at radius 3 is 2.57 bits per heavy atom. The molecule has 0 unspecified atom stereocenters. The average Bonchev–Trinajstić information content (AvgIpc) is 2.73. The van der Waals surface area contributed by atoms with Crippen LogP contribution in [0.25, 0.3) is 0 Å². The van der Waals surface area contributed by atoms with Crippen LogP contribution in [0.5, 0.6) is 11.5 Å². The van der Waals surface area contributed by atoms with Gasteiger partial charge in [0.2, 0.25) is 0 Å². The summed E-state index contributed by atoms with van der Waals surface area (Å²) in [7, 11) is 2.97. The number of benzene rings is 2. The molecule has 0 aromatic heterocycles. The van der Waals surface area contributed by atoms with E-state index in [-0.39, 0.29) is 11.8 Å². The molecule has 28 heavy (non-hydrogen) atoms. The van der Waals surface area contributed by atoms with Crippen LogP contribution in [-0.2, 0) is 16.0 Å². The van der Waals surface area contributed by atoms with E-state index in [2.05, 4.69) is 10.2 Å².